The summed E-state index contributed by atoms with van der Waals surface area (Å²) >= 11 is 0. The molecule has 0 aliphatic heterocycles. The van der Waals surface area contributed by atoms with Crippen molar-refractivity contribution in [3.8, 4) is 0 Å². The molecule has 0 saturated heterocycles. The SMILES string of the molecule is CCC(C)(CN)C(=O)NC(C(=O)OC)c1ccccc1. The van der Waals surface area contributed by atoms with E-state index in [1.54, 1.807) is 31.2 Å². The van der Waals surface area contributed by atoms with Crippen molar-refractivity contribution >= 4 is 11.9 Å². The van der Waals surface area contributed by atoms with Crippen LogP contribution >= 0.6 is 0 Å². The second kappa shape index (κ2) is 7.05. The Balaban J connectivity index is 2.98. The third-order valence-electron chi connectivity index (χ3n) is 3.62. The summed E-state index contributed by atoms with van der Waals surface area (Å²) in [5.41, 5.74) is 5.65. The number of nitrogens with two attached hydrogens (primary N) is 1. The zero-order valence-corrected chi connectivity index (χ0v) is 12.2. The topological polar surface area (TPSA) is 81.4 Å². The fourth-order valence-corrected chi connectivity index (χ4v) is 1.74. The maximum Gasteiger partial charge on any atom is 0.333 e. The van der Waals surface area contributed by atoms with E-state index >= 15 is 0 Å². The largest absolute Gasteiger partial charge is 0.467 e. The van der Waals surface area contributed by atoms with Crippen LogP contribution in [0.4, 0.5) is 0 Å². The van der Waals surface area contributed by atoms with E-state index in [0.29, 0.717) is 12.0 Å². The Morgan fingerprint density at radius 3 is 2.40 bits per heavy atom. The van der Waals surface area contributed by atoms with Crippen LogP contribution in [0.25, 0.3) is 0 Å². The minimum absolute atomic E-state index is 0.220. The first-order valence-electron chi connectivity index (χ1n) is 6.62. The van der Waals surface area contributed by atoms with Crippen LogP contribution in [-0.2, 0) is 14.3 Å². The van der Waals surface area contributed by atoms with Crippen molar-refractivity contribution in [2.24, 2.45) is 11.1 Å². The van der Waals surface area contributed by atoms with Gasteiger partial charge in [0, 0.05) is 6.54 Å². The van der Waals surface area contributed by atoms with E-state index in [1.807, 2.05) is 13.0 Å². The van der Waals surface area contributed by atoms with Gasteiger partial charge >= 0.3 is 5.97 Å². The Hall–Kier alpha value is -1.88. The van der Waals surface area contributed by atoms with Gasteiger partial charge in [-0.1, -0.05) is 37.3 Å². The number of rotatable bonds is 6. The fraction of sp³-hybridized carbons (Fsp3) is 0.467. The summed E-state index contributed by atoms with van der Waals surface area (Å²) in [4.78, 5) is 24.2. The smallest absolute Gasteiger partial charge is 0.333 e. The highest BCUT2D eigenvalue weighted by Gasteiger charge is 2.33. The van der Waals surface area contributed by atoms with Crippen LogP contribution in [0.1, 0.15) is 31.9 Å². The number of methoxy groups -OCH3 is 1. The van der Waals surface area contributed by atoms with Crippen LogP contribution in [0.15, 0.2) is 30.3 Å². The summed E-state index contributed by atoms with van der Waals surface area (Å²) in [6.45, 7) is 3.89. The number of amides is 1. The highest BCUT2D eigenvalue weighted by molar-refractivity contribution is 5.88. The van der Waals surface area contributed by atoms with E-state index in [2.05, 4.69) is 5.32 Å². The Labute approximate surface area is 119 Å². The molecule has 0 bridgehead atoms. The van der Waals surface area contributed by atoms with Crippen LogP contribution in [-0.4, -0.2) is 25.5 Å². The van der Waals surface area contributed by atoms with Crippen molar-refractivity contribution < 1.29 is 14.3 Å². The average molecular weight is 278 g/mol. The standard InChI is InChI=1S/C15H22N2O3/c1-4-15(2,10-16)14(19)17-12(13(18)20-3)11-8-6-5-7-9-11/h5-9,12H,4,10,16H2,1-3H3,(H,17,19). The van der Waals surface area contributed by atoms with Crippen LogP contribution < -0.4 is 11.1 Å². The lowest BCUT2D eigenvalue weighted by molar-refractivity contribution is -0.146. The summed E-state index contributed by atoms with van der Waals surface area (Å²) in [6, 6.07) is 8.18. The second-order valence-electron chi connectivity index (χ2n) is 4.96. The van der Waals surface area contributed by atoms with Crippen LogP contribution in [0, 0.1) is 5.41 Å². The van der Waals surface area contributed by atoms with E-state index < -0.39 is 17.4 Å². The summed E-state index contributed by atoms with van der Waals surface area (Å²) in [6.07, 6.45) is 0.595. The first-order valence-corrected chi connectivity index (χ1v) is 6.62. The van der Waals surface area contributed by atoms with Crippen molar-refractivity contribution in [3.63, 3.8) is 0 Å². The molecule has 20 heavy (non-hydrogen) atoms. The first-order chi connectivity index (χ1) is 9.48. The molecule has 1 aromatic rings. The van der Waals surface area contributed by atoms with E-state index in [0.717, 1.165) is 0 Å². The molecule has 110 valence electrons. The van der Waals surface area contributed by atoms with Gasteiger partial charge in [-0.05, 0) is 18.9 Å². The molecule has 0 fully saturated rings. The normalized spacial score (nSPS) is 15.0. The fourth-order valence-electron chi connectivity index (χ4n) is 1.74. The van der Waals surface area contributed by atoms with Crippen molar-refractivity contribution in [1.29, 1.82) is 0 Å². The number of nitrogens with one attached hydrogen (secondary N) is 1. The number of carbonyl (C=O) groups is 2. The molecular weight excluding hydrogens is 256 g/mol. The maximum atomic E-state index is 12.3. The first kappa shape index (κ1) is 16.2. The predicted octanol–water partition coefficient (Wildman–Crippen LogP) is 1.39. The second-order valence-corrected chi connectivity index (χ2v) is 4.96. The molecule has 2 unspecified atom stereocenters. The molecule has 0 aliphatic rings. The molecule has 5 heteroatoms. The minimum Gasteiger partial charge on any atom is -0.467 e. The maximum absolute atomic E-state index is 12.3. The van der Waals surface area contributed by atoms with Gasteiger partial charge in [0.25, 0.3) is 0 Å². The lowest BCUT2D eigenvalue weighted by Gasteiger charge is -2.27. The monoisotopic (exact) mass is 278 g/mol. The van der Waals surface area contributed by atoms with Gasteiger partial charge in [0.1, 0.15) is 0 Å². The van der Waals surface area contributed by atoms with Crippen LogP contribution in [0.2, 0.25) is 0 Å². The van der Waals surface area contributed by atoms with Crippen molar-refractivity contribution in [3.05, 3.63) is 35.9 Å². The van der Waals surface area contributed by atoms with Crippen LogP contribution in [0.3, 0.4) is 0 Å². The Morgan fingerprint density at radius 2 is 1.95 bits per heavy atom. The van der Waals surface area contributed by atoms with Crippen molar-refractivity contribution in [2.45, 2.75) is 26.3 Å². The molecule has 1 rings (SSSR count). The average Bonchev–Trinajstić information content (AvgIpc) is 2.51. The van der Waals surface area contributed by atoms with Gasteiger partial charge in [0.2, 0.25) is 5.91 Å². The van der Waals surface area contributed by atoms with E-state index in [-0.39, 0.29) is 12.5 Å². The van der Waals surface area contributed by atoms with Gasteiger partial charge in [-0.2, -0.15) is 0 Å². The van der Waals surface area contributed by atoms with Gasteiger partial charge in [0.15, 0.2) is 6.04 Å². The van der Waals surface area contributed by atoms with Crippen LogP contribution in [0.5, 0.6) is 0 Å². The van der Waals surface area contributed by atoms with E-state index in [1.165, 1.54) is 7.11 Å². The van der Waals surface area contributed by atoms with Gasteiger partial charge in [0.05, 0.1) is 12.5 Å². The summed E-state index contributed by atoms with van der Waals surface area (Å²) in [7, 11) is 1.30. The molecule has 0 aromatic heterocycles. The molecule has 2 atom stereocenters. The number of hydrogen-bond donors (Lipinski definition) is 2. The summed E-state index contributed by atoms with van der Waals surface area (Å²) < 4.78 is 4.76. The number of ether oxygens (including phenoxy) is 1. The molecule has 5 nitrogen and oxygen atoms in total. The summed E-state index contributed by atoms with van der Waals surface area (Å²) in [5.74, 6) is -0.748. The van der Waals surface area contributed by atoms with Gasteiger partial charge in [-0.15, -0.1) is 0 Å². The molecule has 1 aromatic carbocycles. The molecule has 0 saturated carbocycles. The van der Waals surface area contributed by atoms with E-state index in [9.17, 15) is 9.59 Å². The summed E-state index contributed by atoms with van der Waals surface area (Å²) in [5, 5.41) is 2.73. The molecular formula is C15H22N2O3. The van der Waals surface area contributed by atoms with Crippen molar-refractivity contribution in [2.75, 3.05) is 13.7 Å². The Bertz CT molecular complexity index is 455. The highest BCUT2D eigenvalue weighted by Crippen LogP contribution is 2.22. The predicted molar refractivity (Wildman–Crippen MR) is 76.8 cm³/mol. The van der Waals surface area contributed by atoms with Gasteiger partial charge in [-0.25, -0.2) is 4.79 Å². The molecule has 0 radical (unpaired) electrons. The number of hydrogen-bond acceptors (Lipinski definition) is 4. The Kier molecular flexibility index (Phi) is 5.70. The quantitative estimate of drug-likeness (QED) is 0.770. The Morgan fingerprint density at radius 1 is 1.35 bits per heavy atom. The lowest BCUT2D eigenvalue weighted by atomic mass is 9.86. The molecule has 1 amide bonds. The van der Waals surface area contributed by atoms with Crippen molar-refractivity contribution in [1.82, 2.24) is 5.32 Å². The molecule has 0 aliphatic carbocycles. The molecule has 0 spiro atoms. The highest BCUT2D eigenvalue weighted by atomic mass is 16.5. The third-order valence-corrected chi connectivity index (χ3v) is 3.62. The van der Waals surface area contributed by atoms with Gasteiger partial charge < -0.3 is 15.8 Å². The zero-order valence-electron chi connectivity index (χ0n) is 12.2. The molecule has 0 heterocycles. The number of esters is 1. The minimum atomic E-state index is -0.814. The molecule has 3 N–H and O–H groups in total. The number of benzene rings is 1. The third kappa shape index (κ3) is 3.57. The number of carbonyl (C=O) groups excluding carboxylic acids is 2. The zero-order chi connectivity index (χ0) is 15.2. The van der Waals surface area contributed by atoms with E-state index in [4.69, 9.17) is 10.5 Å². The lowest BCUT2D eigenvalue weighted by Crippen LogP contribution is -2.46. The van der Waals surface area contributed by atoms with Gasteiger partial charge in [-0.3, -0.25) is 4.79 Å².